The first-order chi connectivity index (χ1) is 8.28. The van der Waals surface area contributed by atoms with Crippen LogP contribution in [-0.2, 0) is 0 Å². The summed E-state index contributed by atoms with van der Waals surface area (Å²) in [5.74, 6) is 2.69. The second kappa shape index (κ2) is 4.00. The lowest BCUT2D eigenvalue weighted by molar-refractivity contribution is 0.399. The van der Waals surface area contributed by atoms with Gasteiger partial charge in [0.25, 0.3) is 0 Å². The van der Waals surface area contributed by atoms with Gasteiger partial charge in [0.2, 0.25) is 5.88 Å². The second-order valence-corrected chi connectivity index (χ2v) is 4.59. The fourth-order valence-electron chi connectivity index (χ4n) is 2.36. The van der Waals surface area contributed by atoms with Crippen LogP contribution < -0.4 is 10.1 Å². The van der Waals surface area contributed by atoms with Crippen molar-refractivity contribution in [2.45, 2.75) is 12.8 Å². The summed E-state index contributed by atoms with van der Waals surface area (Å²) in [5, 5.41) is 3.38. The molecule has 0 aromatic carbocycles. The van der Waals surface area contributed by atoms with Crippen LogP contribution in [0.15, 0.2) is 12.1 Å². The van der Waals surface area contributed by atoms with Gasteiger partial charge in [0.05, 0.1) is 12.6 Å². The Morgan fingerprint density at radius 1 is 1.29 bits per heavy atom. The number of rotatable bonds is 2. The summed E-state index contributed by atoms with van der Waals surface area (Å²) in [5.41, 5.74) is 1.71. The van der Waals surface area contributed by atoms with E-state index in [0.717, 1.165) is 30.1 Å². The molecule has 17 heavy (non-hydrogen) atoms. The Labute approximate surface area is 99.6 Å². The molecule has 0 aliphatic carbocycles. The highest BCUT2D eigenvalue weighted by atomic mass is 16.5. The molecule has 1 aliphatic heterocycles. The Kier molecular flexibility index (Phi) is 2.48. The normalized spacial score (nSPS) is 24.4. The van der Waals surface area contributed by atoms with E-state index in [9.17, 15) is 0 Å². The van der Waals surface area contributed by atoms with E-state index in [0.29, 0.717) is 17.7 Å². The number of H-pyrrole nitrogens is 1. The third-order valence-corrected chi connectivity index (χ3v) is 3.42. The number of nitrogens with one attached hydrogen (secondary N) is 2. The predicted molar refractivity (Wildman–Crippen MR) is 65.2 cm³/mol. The van der Waals surface area contributed by atoms with Crippen LogP contribution in [0.25, 0.3) is 11.2 Å². The maximum atomic E-state index is 5.10. The van der Waals surface area contributed by atoms with Crippen molar-refractivity contribution in [3.8, 4) is 5.88 Å². The molecule has 5 heteroatoms. The van der Waals surface area contributed by atoms with Crippen LogP contribution in [-0.4, -0.2) is 35.2 Å². The molecule has 0 amide bonds. The minimum absolute atomic E-state index is 0.454. The molecule has 0 spiro atoms. The molecule has 1 aliphatic rings. The zero-order valence-electron chi connectivity index (χ0n) is 10.0. The van der Waals surface area contributed by atoms with Crippen LogP contribution in [0.4, 0.5) is 0 Å². The van der Waals surface area contributed by atoms with Gasteiger partial charge in [-0.1, -0.05) is 6.92 Å². The van der Waals surface area contributed by atoms with Crippen molar-refractivity contribution in [3.05, 3.63) is 18.0 Å². The lowest BCUT2D eigenvalue weighted by Gasteiger charge is -2.09. The van der Waals surface area contributed by atoms with Crippen LogP contribution >= 0.6 is 0 Å². The van der Waals surface area contributed by atoms with E-state index < -0.39 is 0 Å². The number of imidazole rings is 1. The van der Waals surface area contributed by atoms with Crippen LogP contribution in [0.1, 0.15) is 18.7 Å². The van der Waals surface area contributed by atoms with E-state index in [-0.39, 0.29) is 0 Å². The van der Waals surface area contributed by atoms with Crippen LogP contribution in [0, 0.1) is 5.92 Å². The summed E-state index contributed by atoms with van der Waals surface area (Å²) in [6.07, 6.45) is 0. The van der Waals surface area contributed by atoms with E-state index in [4.69, 9.17) is 4.74 Å². The van der Waals surface area contributed by atoms with Gasteiger partial charge in [0.1, 0.15) is 5.82 Å². The van der Waals surface area contributed by atoms with Crippen LogP contribution in [0.5, 0.6) is 5.88 Å². The maximum Gasteiger partial charge on any atom is 0.215 e. The van der Waals surface area contributed by atoms with Crippen LogP contribution in [0.3, 0.4) is 0 Å². The van der Waals surface area contributed by atoms with E-state index in [1.54, 1.807) is 7.11 Å². The molecule has 0 radical (unpaired) electrons. The fourth-order valence-corrected chi connectivity index (χ4v) is 2.36. The van der Waals surface area contributed by atoms with Gasteiger partial charge >= 0.3 is 0 Å². The molecular formula is C12H16N4O. The maximum absolute atomic E-state index is 5.10. The number of hydrogen-bond acceptors (Lipinski definition) is 4. The molecule has 3 heterocycles. The number of ether oxygens (including phenoxy) is 1. The van der Waals surface area contributed by atoms with E-state index in [2.05, 4.69) is 27.2 Å². The molecule has 0 unspecified atom stereocenters. The zero-order valence-corrected chi connectivity index (χ0v) is 10.0. The minimum Gasteiger partial charge on any atom is -0.481 e. The number of hydrogen-bond donors (Lipinski definition) is 2. The largest absolute Gasteiger partial charge is 0.481 e. The molecule has 1 saturated heterocycles. The Hall–Kier alpha value is -1.62. The molecule has 2 N–H and O–H groups in total. The monoisotopic (exact) mass is 232 g/mol. The van der Waals surface area contributed by atoms with Crippen LogP contribution in [0.2, 0.25) is 0 Å². The SMILES string of the molecule is COc1ccc2[nH]c([C@@H]3CNC[C@H]3C)nc2n1. The quantitative estimate of drug-likeness (QED) is 0.819. The topological polar surface area (TPSA) is 62.8 Å². The Morgan fingerprint density at radius 3 is 2.88 bits per heavy atom. The lowest BCUT2D eigenvalue weighted by atomic mass is 9.98. The molecule has 0 saturated carbocycles. The van der Waals surface area contributed by atoms with Crippen molar-refractivity contribution in [3.63, 3.8) is 0 Å². The summed E-state index contributed by atoms with van der Waals surface area (Å²) < 4.78 is 5.10. The number of aromatic nitrogens is 3. The summed E-state index contributed by atoms with van der Waals surface area (Å²) in [6, 6.07) is 3.81. The van der Waals surface area contributed by atoms with Crippen molar-refractivity contribution in [1.82, 2.24) is 20.3 Å². The van der Waals surface area contributed by atoms with Gasteiger partial charge < -0.3 is 15.0 Å². The summed E-state index contributed by atoms with van der Waals surface area (Å²) >= 11 is 0. The summed E-state index contributed by atoms with van der Waals surface area (Å²) in [6.45, 7) is 4.28. The average molecular weight is 232 g/mol. The molecule has 2 atom stereocenters. The molecular weight excluding hydrogens is 216 g/mol. The van der Waals surface area contributed by atoms with Gasteiger partial charge in [0.15, 0.2) is 5.65 Å². The highest BCUT2D eigenvalue weighted by molar-refractivity contribution is 5.71. The van der Waals surface area contributed by atoms with E-state index in [1.807, 2.05) is 12.1 Å². The second-order valence-electron chi connectivity index (χ2n) is 4.59. The summed E-state index contributed by atoms with van der Waals surface area (Å²) in [4.78, 5) is 12.2. The summed E-state index contributed by atoms with van der Waals surface area (Å²) in [7, 11) is 1.62. The number of fused-ring (bicyclic) bond motifs is 1. The average Bonchev–Trinajstić information content (AvgIpc) is 2.93. The van der Waals surface area contributed by atoms with E-state index in [1.165, 1.54) is 0 Å². The standard InChI is InChI=1S/C12H16N4O/c1-7-5-13-6-8(7)11-14-9-3-4-10(17-2)15-12(9)16-11/h3-4,7-8,13H,5-6H2,1-2H3,(H,14,15,16)/t7-,8-/m1/s1. The van der Waals surface area contributed by atoms with Gasteiger partial charge in [-0.25, -0.2) is 4.98 Å². The van der Waals surface area contributed by atoms with Crippen molar-refractivity contribution < 1.29 is 4.74 Å². The smallest absolute Gasteiger partial charge is 0.215 e. The number of methoxy groups -OCH3 is 1. The molecule has 1 fully saturated rings. The van der Waals surface area contributed by atoms with Gasteiger partial charge in [-0.05, 0) is 18.5 Å². The molecule has 0 bridgehead atoms. The third kappa shape index (κ3) is 1.76. The van der Waals surface area contributed by atoms with E-state index >= 15 is 0 Å². The molecule has 2 aromatic heterocycles. The molecule has 2 aromatic rings. The highest BCUT2D eigenvalue weighted by Gasteiger charge is 2.27. The highest BCUT2D eigenvalue weighted by Crippen LogP contribution is 2.27. The van der Waals surface area contributed by atoms with Gasteiger partial charge in [-0.2, -0.15) is 4.98 Å². The Bertz CT molecular complexity index is 536. The van der Waals surface area contributed by atoms with Crippen molar-refractivity contribution in [2.75, 3.05) is 20.2 Å². The predicted octanol–water partition coefficient (Wildman–Crippen LogP) is 1.29. The fraction of sp³-hybridized carbons (Fsp3) is 0.500. The Balaban J connectivity index is 2.01. The molecule has 5 nitrogen and oxygen atoms in total. The third-order valence-electron chi connectivity index (χ3n) is 3.42. The molecule has 3 rings (SSSR count). The Morgan fingerprint density at radius 2 is 2.18 bits per heavy atom. The van der Waals surface area contributed by atoms with Gasteiger partial charge in [0, 0.05) is 18.5 Å². The minimum atomic E-state index is 0.454. The van der Waals surface area contributed by atoms with Gasteiger partial charge in [-0.3, -0.25) is 0 Å². The van der Waals surface area contributed by atoms with Crippen molar-refractivity contribution >= 4 is 11.2 Å². The van der Waals surface area contributed by atoms with Crippen molar-refractivity contribution in [1.29, 1.82) is 0 Å². The zero-order chi connectivity index (χ0) is 11.8. The first kappa shape index (κ1) is 10.5. The van der Waals surface area contributed by atoms with Gasteiger partial charge in [-0.15, -0.1) is 0 Å². The first-order valence-corrected chi connectivity index (χ1v) is 5.89. The number of nitrogens with zero attached hydrogens (tertiary/aromatic N) is 2. The van der Waals surface area contributed by atoms with Crippen molar-refractivity contribution in [2.24, 2.45) is 5.92 Å². The number of aromatic amines is 1. The lowest BCUT2D eigenvalue weighted by Crippen LogP contribution is -2.09. The molecule has 90 valence electrons. The number of pyridine rings is 1. The first-order valence-electron chi connectivity index (χ1n) is 5.89.